The van der Waals surface area contributed by atoms with Crippen LogP contribution in [0, 0.1) is 0 Å². The molecule has 0 amide bonds. The van der Waals surface area contributed by atoms with Crippen molar-refractivity contribution in [3.05, 3.63) is 65.8 Å². The van der Waals surface area contributed by atoms with E-state index in [1.165, 1.54) is 18.2 Å². The number of nitrogens with two attached hydrogens (primary N) is 1. The lowest BCUT2D eigenvalue weighted by Gasteiger charge is -2.05. The summed E-state index contributed by atoms with van der Waals surface area (Å²) in [7, 11) is -3.81. The lowest BCUT2D eigenvalue weighted by Crippen LogP contribution is -2.12. The van der Waals surface area contributed by atoms with Crippen molar-refractivity contribution in [2.75, 3.05) is 5.32 Å². The fourth-order valence-electron chi connectivity index (χ4n) is 2.71. The predicted molar refractivity (Wildman–Crippen MR) is 106 cm³/mol. The molecule has 10 heteroatoms. The van der Waals surface area contributed by atoms with E-state index < -0.39 is 10.0 Å². The number of nitrogens with zero attached hydrogens (tertiary/aromatic N) is 3. The zero-order chi connectivity index (χ0) is 19.9. The molecular formula is C18H14ClN5O3S. The minimum absolute atomic E-state index is 0.0120. The Labute approximate surface area is 165 Å². The zero-order valence-corrected chi connectivity index (χ0v) is 15.8. The van der Waals surface area contributed by atoms with Crippen LogP contribution >= 0.6 is 11.6 Å². The molecule has 2 heterocycles. The molecule has 0 radical (unpaired) electrons. The Morgan fingerprint density at radius 2 is 1.93 bits per heavy atom. The molecule has 0 aliphatic heterocycles. The van der Waals surface area contributed by atoms with E-state index in [1.807, 2.05) is 6.07 Å². The SMILES string of the molecule is NS(=O)(=O)c1cccc(Nc2nc3ccc(-c4cc(O)ccc4Cl)cn3n2)c1. The molecule has 4 rings (SSSR count). The first-order valence-electron chi connectivity index (χ1n) is 8.05. The van der Waals surface area contributed by atoms with Crippen molar-refractivity contribution in [2.45, 2.75) is 4.90 Å². The Morgan fingerprint density at radius 3 is 2.71 bits per heavy atom. The molecule has 0 atom stereocenters. The lowest BCUT2D eigenvalue weighted by molar-refractivity contribution is 0.475. The molecule has 0 saturated carbocycles. The van der Waals surface area contributed by atoms with Crippen LogP contribution in [0.1, 0.15) is 0 Å². The van der Waals surface area contributed by atoms with Crippen LogP contribution in [-0.4, -0.2) is 28.1 Å². The standard InChI is InChI=1S/C18H14ClN5O3S/c19-16-6-5-13(25)9-15(16)11-4-7-17-22-18(23-24(17)10-11)21-12-2-1-3-14(8-12)28(20,26)27/h1-10,25H,(H,21,23)(H2,20,26,27). The molecule has 8 nitrogen and oxygen atoms in total. The number of hydrogen-bond donors (Lipinski definition) is 3. The van der Waals surface area contributed by atoms with Gasteiger partial charge in [0.1, 0.15) is 5.75 Å². The number of fused-ring (bicyclic) bond motifs is 1. The van der Waals surface area contributed by atoms with E-state index in [1.54, 1.807) is 41.0 Å². The van der Waals surface area contributed by atoms with Crippen LogP contribution < -0.4 is 10.5 Å². The Kier molecular flexibility index (Phi) is 4.42. The predicted octanol–water partition coefficient (Wildman–Crippen LogP) is 3.15. The number of phenolic OH excluding ortho intramolecular Hbond substituents is 1. The molecule has 0 bridgehead atoms. The molecular weight excluding hydrogens is 402 g/mol. The summed E-state index contributed by atoms with van der Waals surface area (Å²) in [5.41, 5.74) is 2.47. The molecule has 0 saturated heterocycles. The molecule has 0 aliphatic rings. The van der Waals surface area contributed by atoms with Crippen molar-refractivity contribution in [1.29, 1.82) is 0 Å². The Bertz CT molecular complexity index is 1300. The number of sulfonamides is 1. The number of aromatic hydroxyl groups is 1. The number of halogens is 1. The summed E-state index contributed by atoms with van der Waals surface area (Å²) in [5, 5.41) is 22.7. The van der Waals surface area contributed by atoms with Crippen molar-refractivity contribution in [3.63, 3.8) is 0 Å². The zero-order valence-electron chi connectivity index (χ0n) is 14.2. The monoisotopic (exact) mass is 415 g/mol. The van der Waals surface area contributed by atoms with E-state index in [2.05, 4.69) is 15.4 Å². The van der Waals surface area contributed by atoms with Crippen molar-refractivity contribution in [1.82, 2.24) is 14.6 Å². The summed E-state index contributed by atoms with van der Waals surface area (Å²) in [6.07, 6.45) is 1.73. The van der Waals surface area contributed by atoms with Crippen LogP contribution in [0.15, 0.2) is 65.7 Å². The average Bonchev–Trinajstić information content (AvgIpc) is 3.04. The third-order valence-corrected chi connectivity index (χ3v) is 5.25. The summed E-state index contributed by atoms with van der Waals surface area (Å²) < 4.78 is 24.5. The normalized spacial score (nSPS) is 11.6. The van der Waals surface area contributed by atoms with Crippen LogP contribution in [-0.2, 0) is 10.0 Å². The number of phenols is 1. The van der Waals surface area contributed by atoms with Crippen LogP contribution in [0.25, 0.3) is 16.8 Å². The number of anilines is 2. The quantitative estimate of drug-likeness (QED) is 0.470. The van der Waals surface area contributed by atoms with Gasteiger partial charge < -0.3 is 10.4 Å². The van der Waals surface area contributed by atoms with E-state index in [9.17, 15) is 13.5 Å². The van der Waals surface area contributed by atoms with Gasteiger partial charge in [-0.05, 0) is 48.5 Å². The second-order valence-electron chi connectivity index (χ2n) is 6.02. The first-order valence-corrected chi connectivity index (χ1v) is 9.97. The van der Waals surface area contributed by atoms with Gasteiger partial charge in [-0.2, -0.15) is 4.98 Å². The summed E-state index contributed by atoms with van der Waals surface area (Å²) in [6, 6.07) is 14.3. The van der Waals surface area contributed by atoms with Crippen molar-refractivity contribution in [2.24, 2.45) is 5.14 Å². The topological polar surface area (TPSA) is 123 Å². The number of hydrogen-bond acceptors (Lipinski definition) is 6. The highest BCUT2D eigenvalue weighted by molar-refractivity contribution is 7.89. The van der Waals surface area contributed by atoms with Crippen molar-refractivity contribution < 1.29 is 13.5 Å². The smallest absolute Gasteiger partial charge is 0.247 e. The van der Waals surface area contributed by atoms with Gasteiger partial charge in [0.05, 0.1) is 4.90 Å². The summed E-state index contributed by atoms with van der Waals surface area (Å²) in [6.45, 7) is 0. The van der Waals surface area contributed by atoms with Gasteiger partial charge in [-0.1, -0.05) is 17.7 Å². The fraction of sp³-hybridized carbons (Fsp3) is 0. The van der Waals surface area contributed by atoms with E-state index in [0.29, 0.717) is 21.9 Å². The number of aromatic nitrogens is 3. The number of nitrogens with one attached hydrogen (secondary N) is 1. The molecule has 0 unspecified atom stereocenters. The van der Waals surface area contributed by atoms with Gasteiger partial charge in [0.25, 0.3) is 0 Å². The van der Waals surface area contributed by atoms with Gasteiger partial charge in [-0.15, -0.1) is 5.10 Å². The fourth-order valence-corrected chi connectivity index (χ4v) is 3.50. The van der Waals surface area contributed by atoms with Crippen LogP contribution in [0.5, 0.6) is 5.75 Å². The van der Waals surface area contributed by atoms with Crippen molar-refractivity contribution >= 4 is 38.9 Å². The molecule has 2 aromatic carbocycles. The van der Waals surface area contributed by atoms with Gasteiger partial charge >= 0.3 is 0 Å². The average molecular weight is 416 g/mol. The molecule has 28 heavy (non-hydrogen) atoms. The molecule has 0 fully saturated rings. The highest BCUT2D eigenvalue weighted by Gasteiger charge is 2.11. The van der Waals surface area contributed by atoms with Crippen LogP contribution in [0.4, 0.5) is 11.6 Å². The summed E-state index contributed by atoms with van der Waals surface area (Å²) in [4.78, 5) is 4.34. The minimum atomic E-state index is -3.81. The molecule has 4 N–H and O–H groups in total. The summed E-state index contributed by atoms with van der Waals surface area (Å²) >= 11 is 6.22. The maximum Gasteiger partial charge on any atom is 0.247 e. The van der Waals surface area contributed by atoms with E-state index in [4.69, 9.17) is 16.7 Å². The maximum atomic E-state index is 11.5. The van der Waals surface area contributed by atoms with E-state index in [0.717, 1.165) is 5.56 Å². The maximum absolute atomic E-state index is 11.5. The molecule has 0 spiro atoms. The third kappa shape index (κ3) is 3.63. The van der Waals surface area contributed by atoms with Crippen LogP contribution in [0.3, 0.4) is 0 Å². The van der Waals surface area contributed by atoms with E-state index >= 15 is 0 Å². The highest BCUT2D eigenvalue weighted by atomic mass is 35.5. The third-order valence-electron chi connectivity index (χ3n) is 4.01. The van der Waals surface area contributed by atoms with Crippen molar-refractivity contribution in [3.8, 4) is 16.9 Å². The molecule has 142 valence electrons. The number of pyridine rings is 1. The molecule has 0 aliphatic carbocycles. The Balaban J connectivity index is 1.68. The number of primary sulfonamides is 1. The molecule has 4 aromatic rings. The van der Waals surface area contributed by atoms with Crippen LogP contribution in [0.2, 0.25) is 5.02 Å². The van der Waals surface area contributed by atoms with Gasteiger partial charge in [0, 0.05) is 28.0 Å². The Hall–Kier alpha value is -3.14. The largest absolute Gasteiger partial charge is 0.508 e. The lowest BCUT2D eigenvalue weighted by atomic mass is 10.1. The minimum Gasteiger partial charge on any atom is -0.508 e. The number of rotatable bonds is 4. The Morgan fingerprint density at radius 1 is 1.11 bits per heavy atom. The first-order chi connectivity index (χ1) is 13.3. The van der Waals surface area contributed by atoms with Gasteiger partial charge in [0.15, 0.2) is 5.65 Å². The molecule has 2 aromatic heterocycles. The van der Waals surface area contributed by atoms with Gasteiger partial charge in [-0.25, -0.2) is 18.1 Å². The second-order valence-corrected chi connectivity index (χ2v) is 7.99. The van der Waals surface area contributed by atoms with E-state index in [-0.39, 0.29) is 16.6 Å². The highest BCUT2D eigenvalue weighted by Crippen LogP contribution is 2.31. The van der Waals surface area contributed by atoms with Gasteiger partial charge in [0.2, 0.25) is 16.0 Å². The summed E-state index contributed by atoms with van der Waals surface area (Å²) in [5.74, 6) is 0.390. The number of benzene rings is 2. The van der Waals surface area contributed by atoms with Gasteiger partial charge in [-0.3, -0.25) is 0 Å². The first kappa shape index (κ1) is 18.2. The second kappa shape index (κ2) is 6.79.